The van der Waals surface area contributed by atoms with Crippen molar-refractivity contribution in [3.63, 3.8) is 0 Å². The van der Waals surface area contributed by atoms with E-state index in [4.69, 9.17) is 5.11 Å². The van der Waals surface area contributed by atoms with Crippen LogP contribution in [0.3, 0.4) is 0 Å². The Morgan fingerprint density at radius 2 is 2.04 bits per heavy atom. The van der Waals surface area contributed by atoms with Gasteiger partial charge in [0.25, 0.3) is 0 Å². The van der Waals surface area contributed by atoms with Gasteiger partial charge in [0, 0.05) is 12.6 Å². The van der Waals surface area contributed by atoms with E-state index in [0.29, 0.717) is 11.4 Å². The van der Waals surface area contributed by atoms with E-state index in [0.717, 1.165) is 0 Å². The number of tetrazole rings is 1. The van der Waals surface area contributed by atoms with Crippen molar-refractivity contribution in [2.75, 3.05) is 0 Å². The molecule has 2 aromatic rings. The van der Waals surface area contributed by atoms with Crippen LogP contribution in [0.4, 0.5) is 0 Å². The maximum absolute atomic E-state index is 12.4. The third-order valence-corrected chi connectivity index (χ3v) is 4.68. The molecule has 9 nitrogen and oxygen atoms in total. The van der Waals surface area contributed by atoms with E-state index in [1.165, 1.54) is 16.8 Å². The van der Waals surface area contributed by atoms with Crippen LogP contribution in [0.2, 0.25) is 0 Å². The fraction of sp³-hybridized carbons (Fsp3) is 0.385. The van der Waals surface area contributed by atoms with Gasteiger partial charge in [-0.05, 0) is 28.5 Å². The first-order chi connectivity index (χ1) is 10.7. The molecule has 0 saturated carbocycles. The summed E-state index contributed by atoms with van der Waals surface area (Å²) in [7, 11) is -2.35. The Morgan fingerprint density at radius 1 is 1.35 bits per heavy atom. The molecule has 0 saturated heterocycles. The van der Waals surface area contributed by atoms with Crippen molar-refractivity contribution >= 4 is 16.0 Å². The van der Waals surface area contributed by atoms with Gasteiger partial charge in [-0.15, -0.1) is 5.10 Å². The number of hydrogen-bond donors (Lipinski definition) is 2. The first kappa shape index (κ1) is 17.0. The molecule has 1 heterocycles. The van der Waals surface area contributed by atoms with E-state index in [9.17, 15) is 13.2 Å². The van der Waals surface area contributed by atoms with Gasteiger partial charge >= 0.3 is 5.97 Å². The van der Waals surface area contributed by atoms with E-state index in [2.05, 4.69) is 20.2 Å². The third-order valence-electron chi connectivity index (χ3n) is 3.24. The third kappa shape index (κ3) is 3.71. The van der Waals surface area contributed by atoms with Crippen molar-refractivity contribution in [2.24, 2.45) is 13.0 Å². The summed E-state index contributed by atoms with van der Waals surface area (Å²) in [6.45, 7) is 3.26. The lowest BCUT2D eigenvalue weighted by molar-refractivity contribution is -0.140. The van der Waals surface area contributed by atoms with Crippen LogP contribution in [-0.4, -0.2) is 45.7 Å². The minimum absolute atomic E-state index is 0.0510. The summed E-state index contributed by atoms with van der Waals surface area (Å²) in [5.74, 6) is -1.22. The fourth-order valence-electron chi connectivity index (χ4n) is 1.98. The zero-order chi connectivity index (χ0) is 17.2. The van der Waals surface area contributed by atoms with Gasteiger partial charge in [-0.3, -0.25) is 4.79 Å². The van der Waals surface area contributed by atoms with Gasteiger partial charge in [-0.2, -0.15) is 4.72 Å². The summed E-state index contributed by atoms with van der Waals surface area (Å²) in [6.07, 6.45) is 0. The lowest BCUT2D eigenvalue weighted by Crippen LogP contribution is -2.44. The minimum atomic E-state index is -3.98. The summed E-state index contributed by atoms with van der Waals surface area (Å²) in [5.41, 5.74) is 0.511. The number of sulfonamides is 1. The highest BCUT2D eigenvalue weighted by molar-refractivity contribution is 7.89. The maximum Gasteiger partial charge on any atom is 0.322 e. The number of aryl methyl sites for hydroxylation is 1. The molecule has 1 atom stereocenters. The zero-order valence-corrected chi connectivity index (χ0v) is 13.6. The second kappa shape index (κ2) is 6.42. The summed E-state index contributed by atoms with van der Waals surface area (Å²) >= 11 is 0. The van der Waals surface area contributed by atoms with E-state index in [1.807, 2.05) is 0 Å². The monoisotopic (exact) mass is 339 g/mol. The SMILES string of the molecule is CC(C)[C@H](NS(=O)(=O)c1cccc(-c2nnnn2C)c1)C(=O)O. The van der Waals surface area contributed by atoms with Gasteiger partial charge in [-0.1, -0.05) is 26.0 Å². The highest BCUT2D eigenvalue weighted by Crippen LogP contribution is 2.20. The molecule has 10 heteroatoms. The highest BCUT2D eigenvalue weighted by Gasteiger charge is 2.28. The molecule has 0 aliphatic rings. The first-order valence-electron chi connectivity index (χ1n) is 6.80. The second-order valence-corrected chi connectivity index (χ2v) is 7.05. The van der Waals surface area contributed by atoms with Gasteiger partial charge < -0.3 is 5.11 Å². The molecular formula is C13H17N5O4S. The van der Waals surface area contributed by atoms with Gasteiger partial charge in [0.2, 0.25) is 10.0 Å². The van der Waals surface area contributed by atoms with Crippen molar-refractivity contribution in [1.82, 2.24) is 24.9 Å². The van der Waals surface area contributed by atoms with E-state index in [1.54, 1.807) is 33.0 Å². The predicted octanol–water partition coefficient (Wildman–Crippen LogP) is 0.265. The molecule has 0 aliphatic heterocycles. The molecule has 0 unspecified atom stereocenters. The molecule has 2 N–H and O–H groups in total. The Bertz CT molecular complexity index is 815. The van der Waals surface area contributed by atoms with E-state index >= 15 is 0 Å². The molecule has 0 aliphatic carbocycles. The van der Waals surface area contributed by atoms with Crippen LogP contribution in [0.15, 0.2) is 29.2 Å². The second-order valence-electron chi connectivity index (χ2n) is 5.34. The number of hydrogen-bond acceptors (Lipinski definition) is 6. The molecule has 1 aromatic carbocycles. The largest absolute Gasteiger partial charge is 0.480 e. The molecule has 0 bridgehead atoms. The topological polar surface area (TPSA) is 127 Å². The molecular weight excluding hydrogens is 322 g/mol. The van der Waals surface area contributed by atoms with Gasteiger partial charge in [-0.25, -0.2) is 13.1 Å². The molecule has 1 aromatic heterocycles. The van der Waals surface area contributed by atoms with Gasteiger partial charge in [0.15, 0.2) is 5.82 Å². The number of aliphatic carboxylic acids is 1. The summed E-state index contributed by atoms with van der Waals surface area (Å²) in [6, 6.07) is 4.79. The molecule has 2 rings (SSSR count). The number of nitrogens with zero attached hydrogens (tertiary/aromatic N) is 4. The van der Waals surface area contributed by atoms with Crippen molar-refractivity contribution in [2.45, 2.75) is 24.8 Å². The van der Waals surface area contributed by atoms with Crippen LogP contribution >= 0.6 is 0 Å². The van der Waals surface area contributed by atoms with E-state index < -0.39 is 28.0 Å². The standard InChI is InChI=1S/C13H17N5O4S/c1-8(2)11(13(19)20)15-23(21,22)10-6-4-5-9(7-10)12-14-16-17-18(12)3/h4-8,11,15H,1-3H3,(H,19,20)/t11-/m0/s1. The quantitative estimate of drug-likeness (QED) is 0.773. The smallest absolute Gasteiger partial charge is 0.322 e. The summed E-state index contributed by atoms with van der Waals surface area (Å²) in [4.78, 5) is 11.1. The normalized spacial score (nSPS) is 13.2. The Balaban J connectivity index is 2.38. The van der Waals surface area contributed by atoms with Crippen LogP contribution in [0.5, 0.6) is 0 Å². The molecule has 124 valence electrons. The van der Waals surface area contributed by atoms with Crippen LogP contribution in [0.1, 0.15) is 13.8 Å². The van der Waals surface area contributed by atoms with Gasteiger partial charge in [0.05, 0.1) is 4.90 Å². The summed E-state index contributed by atoms with van der Waals surface area (Å²) < 4.78 is 28.5. The van der Waals surface area contributed by atoms with Crippen LogP contribution in [-0.2, 0) is 21.9 Å². The Hall–Kier alpha value is -2.33. The molecule has 23 heavy (non-hydrogen) atoms. The Morgan fingerprint density at radius 3 is 2.57 bits per heavy atom. The van der Waals surface area contributed by atoms with Crippen molar-refractivity contribution in [3.8, 4) is 11.4 Å². The molecule has 0 amide bonds. The lowest BCUT2D eigenvalue weighted by Gasteiger charge is -2.18. The molecule has 0 spiro atoms. The number of benzene rings is 1. The van der Waals surface area contributed by atoms with Gasteiger partial charge in [0.1, 0.15) is 6.04 Å². The number of nitrogens with one attached hydrogen (secondary N) is 1. The van der Waals surface area contributed by atoms with Crippen LogP contribution in [0.25, 0.3) is 11.4 Å². The first-order valence-corrected chi connectivity index (χ1v) is 8.28. The fourth-order valence-corrected chi connectivity index (χ4v) is 3.37. The van der Waals surface area contributed by atoms with Crippen molar-refractivity contribution < 1.29 is 18.3 Å². The van der Waals surface area contributed by atoms with Crippen molar-refractivity contribution in [3.05, 3.63) is 24.3 Å². The van der Waals surface area contributed by atoms with Crippen LogP contribution < -0.4 is 4.72 Å². The molecule has 0 fully saturated rings. The number of aromatic nitrogens is 4. The highest BCUT2D eigenvalue weighted by atomic mass is 32.2. The maximum atomic E-state index is 12.4. The number of carboxylic acids is 1. The lowest BCUT2D eigenvalue weighted by atomic mass is 10.1. The zero-order valence-electron chi connectivity index (χ0n) is 12.8. The van der Waals surface area contributed by atoms with Crippen LogP contribution in [0, 0.1) is 5.92 Å². The van der Waals surface area contributed by atoms with Crippen molar-refractivity contribution in [1.29, 1.82) is 0 Å². The number of rotatable bonds is 6. The van der Waals surface area contributed by atoms with E-state index in [-0.39, 0.29) is 4.90 Å². The number of carboxylic acid groups (broad SMARTS) is 1. The predicted molar refractivity (Wildman–Crippen MR) is 80.8 cm³/mol. The Kier molecular flexibility index (Phi) is 4.76. The molecule has 0 radical (unpaired) electrons. The average molecular weight is 339 g/mol. The minimum Gasteiger partial charge on any atom is -0.480 e. The summed E-state index contributed by atoms with van der Waals surface area (Å²) in [5, 5.41) is 20.2. The number of carbonyl (C=O) groups is 1. The Labute approximate surface area is 133 Å². The average Bonchev–Trinajstić information content (AvgIpc) is 2.90.